The summed E-state index contributed by atoms with van der Waals surface area (Å²) in [4.78, 5) is 26.2. The highest BCUT2D eigenvalue weighted by Gasteiger charge is 2.28. The van der Waals surface area contributed by atoms with Crippen LogP contribution in [-0.2, 0) is 9.59 Å². The van der Waals surface area contributed by atoms with Crippen LogP contribution in [0.5, 0.6) is 0 Å². The van der Waals surface area contributed by atoms with Gasteiger partial charge in [0.15, 0.2) is 0 Å². The predicted octanol–water partition coefficient (Wildman–Crippen LogP) is -0.546. The normalized spacial score (nSPS) is 28.8. The minimum atomic E-state index is -0.443. The third kappa shape index (κ3) is 3.93. The van der Waals surface area contributed by atoms with Crippen molar-refractivity contribution < 1.29 is 9.59 Å². The van der Waals surface area contributed by atoms with Gasteiger partial charge >= 0.3 is 0 Å². The van der Waals surface area contributed by atoms with Gasteiger partial charge in [0.25, 0.3) is 0 Å². The van der Waals surface area contributed by atoms with E-state index in [2.05, 4.69) is 22.9 Å². The minimum Gasteiger partial charge on any atom is -0.343 e. The lowest BCUT2D eigenvalue weighted by Gasteiger charge is -2.31. The molecule has 2 fully saturated rings. The van der Waals surface area contributed by atoms with Crippen LogP contribution in [0.15, 0.2) is 0 Å². The standard InChI is InChI=1S/C14H26N4O2/c1-10-8-16-12(9-15-10)13(19)17-11(2)14(20)18-6-4-3-5-7-18/h10-12,15-16H,3-9H2,1-2H3,(H,17,19). The first-order valence-electron chi connectivity index (χ1n) is 7.64. The first kappa shape index (κ1) is 15.3. The molecule has 2 aliphatic rings. The quantitative estimate of drug-likeness (QED) is 0.650. The molecule has 3 N–H and O–H groups in total. The molecule has 2 saturated heterocycles. The first-order chi connectivity index (χ1) is 9.58. The van der Waals surface area contributed by atoms with Gasteiger partial charge < -0.3 is 20.9 Å². The van der Waals surface area contributed by atoms with Crippen LogP contribution in [0.1, 0.15) is 33.1 Å². The Morgan fingerprint density at radius 1 is 1.15 bits per heavy atom. The molecule has 2 rings (SSSR count). The summed E-state index contributed by atoms with van der Waals surface area (Å²) in [6, 6.07) is -0.309. The maximum Gasteiger partial charge on any atom is 0.244 e. The molecule has 2 heterocycles. The molecule has 114 valence electrons. The van der Waals surface area contributed by atoms with Crippen LogP contribution in [0, 0.1) is 0 Å². The first-order valence-corrected chi connectivity index (χ1v) is 7.64. The van der Waals surface area contributed by atoms with Crippen molar-refractivity contribution in [3.63, 3.8) is 0 Å². The number of likely N-dealkylation sites (tertiary alicyclic amines) is 1. The molecule has 3 atom stereocenters. The van der Waals surface area contributed by atoms with Crippen molar-refractivity contribution in [1.29, 1.82) is 0 Å². The average Bonchev–Trinajstić information content (AvgIpc) is 2.48. The van der Waals surface area contributed by atoms with Crippen LogP contribution in [0.4, 0.5) is 0 Å². The van der Waals surface area contributed by atoms with E-state index in [0.717, 1.165) is 32.5 Å². The van der Waals surface area contributed by atoms with E-state index in [1.54, 1.807) is 6.92 Å². The lowest BCUT2D eigenvalue weighted by Crippen LogP contribution is -2.61. The largest absolute Gasteiger partial charge is 0.343 e. The van der Waals surface area contributed by atoms with Crippen molar-refractivity contribution in [2.75, 3.05) is 26.2 Å². The van der Waals surface area contributed by atoms with Crippen molar-refractivity contribution in [2.24, 2.45) is 0 Å². The van der Waals surface area contributed by atoms with E-state index in [1.165, 1.54) is 6.42 Å². The average molecular weight is 282 g/mol. The van der Waals surface area contributed by atoms with E-state index in [1.807, 2.05) is 4.90 Å². The van der Waals surface area contributed by atoms with Crippen LogP contribution < -0.4 is 16.0 Å². The molecule has 6 nitrogen and oxygen atoms in total. The van der Waals surface area contributed by atoms with E-state index in [9.17, 15) is 9.59 Å². The fraction of sp³-hybridized carbons (Fsp3) is 0.857. The van der Waals surface area contributed by atoms with Gasteiger partial charge in [0.05, 0.1) is 6.04 Å². The van der Waals surface area contributed by atoms with Gasteiger partial charge in [-0.1, -0.05) is 0 Å². The zero-order chi connectivity index (χ0) is 14.5. The number of hydrogen-bond donors (Lipinski definition) is 3. The summed E-state index contributed by atoms with van der Waals surface area (Å²) in [7, 11) is 0. The SMILES string of the molecule is CC1CNC(C(=O)NC(C)C(=O)N2CCCCC2)CN1. The van der Waals surface area contributed by atoms with Crippen LogP contribution in [-0.4, -0.2) is 61.0 Å². The van der Waals surface area contributed by atoms with E-state index in [0.29, 0.717) is 12.6 Å². The number of hydrogen-bond acceptors (Lipinski definition) is 4. The number of piperazine rings is 1. The monoisotopic (exact) mass is 282 g/mol. The molecule has 0 aromatic carbocycles. The van der Waals surface area contributed by atoms with Crippen LogP contribution >= 0.6 is 0 Å². The Hall–Kier alpha value is -1.14. The van der Waals surface area contributed by atoms with Gasteiger partial charge in [-0.15, -0.1) is 0 Å². The smallest absolute Gasteiger partial charge is 0.244 e. The molecule has 3 unspecified atom stereocenters. The summed E-state index contributed by atoms with van der Waals surface area (Å²) in [5.41, 5.74) is 0. The van der Waals surface area contributed by atoms with E-state index < -0.39 is 6.04 Å². The van der Waals surface area contributed by atoms with Crippen molar-refractivity contribution in [2.45, 2.75) is 51.2 Å². The zero-order valence-electron chi connectivity index (χ0n) is 12.4. The molecule has 0 aromatic rings. The van der Waals surface area contributed by atoms with E-state index in [-0.39, 0.29) is 17.9 Å². The van der Waals surface area contributed by atoms with E-state index in [4.69, 9.17) is 0 Å². The summed E-state index contributed by atoms with van der Waals surface area (Å²) < 4.78 is 0. The molecule has 20 heavy (non-hydrogen) atoms. The third-order valence-electron chi connectivity index (χ3n) is 4.05. The second-order valence-corrected chi connectivity index (χ2v) is 5.89. The Bertz CT molecular complexity index is 347. The molecule has 0 bridgehead atoms. The molecule has 0 aliphatic carbocycles. The number of amides is 2. The maximum atomic E-state index is 12.2. The predicted molar refractivity (Wildman–Crippen MR) is 77.3 cm³/mol. The van der Waals surface area contributed by atoms with Gasteiger partial charge in [-0.05, 0) is 33.1 Å². The van der Waals surface area contributed by atoms with Crippen molar-refractivity contribution in [3.8, 4) is 0 Å². The van der Waals surface area contributed by atoms with Crippen molar-refractivity contribution in [3.05, 3.63) is 0 Å². The van der Waals surface area contributed by atoms with Crippen molar-refractivity contribution in [1.82, 2.24) is 20.9 Å². The fourth-order valence-electron chi connectivity index (χ4n) is 2.73. The maximum absolute atomic E-state index is 12.2. The Labute approximate surface area is 120 Å². The van der Waals surface area contributed by atoms with Gasteiger partial charge in [-0.2, -0.15) is 0 Å². The number of rotatable bonds is 3. The molecule has 0 spiro atoms. The second kappa shape index (κ2) is 7.04. The Morgan fingerprint density at radius 3 is 2.45 bits per heavy atom. The number of nitrogens with zero attached hydrogens (tertiary/aromatic N) is 1. The number of piperidine rings is 1. The Morgan fingerprint density at radius 2 is 1.85 bits per heavy atom. The molecule has 2 aliphatic heterocycles. The number of carbonyl (C=O) groups excluding carboxylic acids is 2. The van der Waals surface area contributed by atoms with Gasteiger partial charge in [-0.25, -0.2) is 0 Å². The van der Waals surface area contributed by atoms with Crippen molar-refractivity contribution >= 4 is 11.8 Å². The lowest BCUT2D eigenvalue weighted by atomic mass is 10.1. The number of nitrogens with one attached hydrogen (secondary N) is 3. The summed E-state index contributed by atoms with van der Waals surface area (Å²) in [6.07, 6.45) is 3.33. The topological polar surface area (TPSA) is 73.5 Å². The van der Waals surface area contributed by atoms with Crippen LogP contribution in [0.2, 0.25) is 0 Å². The second-order valence-electron chi connectivity index (χ2n) is 5.89. The lowest BCUT2D eigenvalue weighted by molar-refractivity contribution is -0.137. The van der Waals surface area contributed by atoms with Crippen LogP contribution in [0.3, 0.4) is 0 Å². The highest BCUT2D eigenvalue weighted by molar-refractivity contribution is 5.89. The summed E-state index contributed by atoms with van der Waals surface area (Å²) in [6.45, 7) is 6.86. The third-order valence-corrected chi connectivity index (χ3v) is 4.05. The molecule has 0 aromatic heterocycles. The Kier molecular flexibility index (Phi) is 5.37. The van der Waals surface area contributed by atoms with Gasteiger partial charge in [0, 0.05) is 32.2 Å². The van der Waals surface area contributed by atoms with Gasteiger partial charge in [0.1, 0.15) is 6.04 Å². The number of carbonyl (C=O) groups is 2. The van der Waals surface area contributed by atoms with Gasteiger partial charge in [0.2, 0.25) is 11.8 Å². The zero-order valence-corrected chi connectivity index (χ0v) is 12.4. The minimum absolute atomic E-state index is 0.0372. The molecule has 2 amide bonds. The van der Waals surface area contributed by atoms with Crippen LogP contribution in [0.25, 0.3) is 0 Å². The fourth-order valence-corrected chi connectivity index (χ4v) is 2.73. The molecular formula is C14H26N4O2. The summed E-state index contributed by atoms with van der Waals surface area (Å²) >= 11 is 0. The molecule has 0 radical (unpaired) electrons. The van der Waals surface area contributed by atoms with E-state index >= 15 is 0 Å². The van der Waals surface area contributed by atoms with Gasteiger partial charge in [-0.3, -0.25) is 9.59 Å². The summed E-state index contributed by atoms with van der Waals surface area (Å²) in [5.74, 6) is -0.0579. The molecule has 6 heteroatoms. The highest BCUT2D eigenvalue weighted by Crippen LogP contribution is 2.10. The highest BCUT2D eigenvalue weighted by atomic mass is 16.2. The molecule has 0 saturated carbocycles. The Balaban J connectivity index is 1.79. The summed E-state index contributed by atoms with van der Waals surface area (Å²) in [5, 5.41) is 9.28. The molecular weight excluding hydrogens is 256 g/mol.